The van der Waals surface area contributed by atoms with Crippen molar-refractivity contribution in [3.05, 3.63) is 27.0 Å². The maximum absolute atomic E-state index is 12.2. The van der Waals surface area contributed by atoms with Gasteiger partial charge < -0.3 is 9.84 Å². The van der Waals surface area contributed by atoms with Crippen LogP contribution in [0.5, 0.6) is 5.88 Å². The molecule has 2 heterocycles. The Morgan fingerprint density at radius 2 is 2.24 bits per heavy atom. The van der Waals surface area contributed by atoms with Crippen LogP contribution in [0.3, 0.4) is 0 Å². The van der Waals surface area contributed by atoms with Crippen LogP contribution in [0.4, 0.5) is 0 Å². The number of ether oxygens (including phenoxy) is 1. The van der Waals surface area contributed by atoms with E-state index in [9.17, 15) is 15.2 Å². The molecule has 2 rings (SSSR count). The van der Waals surface area contributed by atoms with E-state index in [-0.39, 0.29) is 17.5 Å². The highest BCUT2D eigenvalue weighted by molar-refractivity contribution is 5.45. The minimum absolute atomic E-state index is 0.0297. The van der Waals surface area contributed by atoms with Crippen LogP contribution in [0.15, 0.2) is 4.79 Å². The molecule has 1 aromatic rings. The standard InChI is InChI=1S/C15H21N3O3/c1-4-5-18-14(19)12(6-16)11(3)13(15(18)20)8-17-7-10(2)21-9-17/h10,20H,4-5,7-9H2,1-3H3. The van der Waals surface area contributed by atoms with Gasteiger partial charge in [-0.25, -0.2) is 0 Å². The molecule has 0 spiro atoms. The fourth-order valence-electron chi connectivity index (χ4n) is 2.66. The predicted octanol–water partition coefficient (Wildman–Crippen LogP) is 1.32. The van der Waals surface area contributed by atoms with Crippen LogP contribution in [0, 0.1) is 18.3 Å². The summed E-state index contributed by atoms with van der Waals surface area (Å²) in [6.45, 7) is 7.77. The van der Waals surface area contributed by atoms with Crippen molar-refractivity contribution < 1.29 is 9.84 Å². The molecular formula is C15H21N3O3. The quantitative estimate of drug-likeness (QED) is 0.905. The lowest BCUT2D eigenvalue weighted by Crippen LogP contribution is -2.28. The summed E-state index contributed by atoms with van der Waals surface area (Å²) in [5, 5.41) is 19.6. The maximum atomic E-state index is 12.2. The maximum Gasteiger partial charge on any atom is 0.271 e. The molecule has 1 atom stereocenters. The second-order valence-corrected chi connectivity index (χ2v) is 5.49. The summed E-state index contributed by atoms with van der Waals surface area (Å²) >= 11 is 0. The number of pyridine rings is 1. The molecule has 0 amide bonds. The molecule has 1 aliphatic heterocycles. The SMILES string of the molecule is CCCn1c(O)c(CN2COC(C)C2)c(C)c(C#N)c1=O. The van der Waals surface area contributed by atoms with Crippen molar-refractivity contribution in [1.82, 2.24) is 9.47 Å². The van der Waals surface area contributed by atoms with Crippen LogP contribution < -0.4 is 5.56 Å². The van der Waals surface area contributed by atoms with Gasteiger partial charge in [0.2, 0.25) is 0 Å². The lowest BCUT2D eigenvalue weighted by molar-refractivity contribution is 0.0967. The first-order valence-electron chi connectivity index (χ1n) is 7.18. The highest BCUT2D eigenvalue weighted by Gasteiger charge is 2.24. The van der Waals surface area contributed by atoms with Gasteiger partial charge in [0.25, 0.3) is 5.56 Å². The van der Waals surface area contributed by atoms with Crippen LogP contribution in [0.25, 0.3) is 0 Å². The summed E-state index contributed by atoms with van der Waals surface area (Å²) in [6, 6.07) is 1.97. The van der Waals surface area contributed by atoms with Crippen molar-refractivity contribution in [3.8, 4) is 11.9 Å². The minimum Gasteiger partial charge on any atom is -0.494 e. The zero-order chi connectivity index (χ0) is 15.6. The van der Waals surface area contributed by atoms with E-state index in [4.69, 9.17) is 4.74 Å². The summed E-state index contributed by atoms with van der Waals surface area (Å²) in [5.74, 6) is -0.0297. The largest absolute Gasteiger partial charge is 0.494 e. The summed E-state index contributed by atoms with van der Waals surface area (Å²) in [5.41, 5.74) is 0.901. The van der Waals surface area contributed by atoms with Crippen molar-refractivity contribution in [2.45, 2.75) is 46.4 Å². The van der Waals surface area contributed by atoms with Crippen LogP contribution >= 0.6 is 0 Å². The molecule has 21 heavy (non-hydrogen) atoms. The Morgan fingerprint density at radius 3 is 2.76 bits per heavy atom. The van der Waals surface area contributed by atoms with Gasteiger partial charge in [0.05, 0.1) is 12.8 Å². The van der Waals surface area contributed by atoms with Crippen molar-refractivity contribution in [2.75, 3.05) is 13.3 Å². The van der Waals surface area contributed by atoms with E-state index >= 15 is 0 Å². The number of nitrogens with zero attached hydrogens (tertiary/aromatic N) is 3. The number of hydrogen-bond donors (Lipinski definition) is 1. The summed E-state index contributed by atoms with van der Waals surface area (Å²) in [6.07, 6.45) is 0.870. The van der Waals surface area contributed by atoms with Crippen molar-refractivity contribution >= 4 is 0 Å². The average Bonchev–Trinajstić information content (AvgIpc) is 2.86. The minimum atomic E-state index is -0.413. The van der Waals surface area contributed by atoms with Crippen LogP contribution in [-0.4, -0.2) is 34.0 Å². The van der Waals surface area contributed by atoms with Gasteiger partial charge in [-0.1, -0.05) is 6.92 Å². The molecule has 0 aromatic carbocycles. The van der Waals surface area contributed by atoms with Gasteiger partial charge in [-0.15, -0.1) is 0 Å². The van der Waals surface area contributed by atoms with E-state index in [0.29, 0.717) is 37.4 Å². The second-order valence-electron chi connectivity index (χ2n) is 5.49. The van der Waals surface area contributed by atoms with Gasteiger partial charge in [-0.2, -0.15) is 5.26 Å². The molecule has 0 saturated carbocycles. The fraction of sp³-hybridized carbons (Fsp3) is 0.600. The Morgan fingerprint density at radius 1 is 1.52 bits per heavy atom. The Bertz CT molecular complexity index is 631. The van der Waals surface area contributed by atoms with Crippen LogP contribution in [0.1, 0.15) is 37.0 Å². The molecule has 1 aliphatic rings. The van der Waals surface area contributed by atoms with E-state index in [0.717, 1.165) is 6.54 Å². The predicted molar refractivity (Wildman–Crippen MR) is 77.9 cm³/mol. The molecule has 1 unspecified atom stereocenters. The molecule has 114 valence electrons. The molecule has 1 saturated heterocycles. The van der Waals surface area contributed by atoms with Gasteiger partial charge >= 0.3 is 0 Å². The molecule has 1 fully saturated rings. The first kappa shape index (κ1) is 15.5. The smallest absolute Gasteiger partial charge is 0.271 e. The Labute approximate surface area is 124 Å². The van der Waals surface area contributed by atoms with Crippen LogP contribution in [-0.2, 0) is 17.8 Å². The molecule has 6 nitrogen and oxygen atoms in total. The highest BCUT2D eigenvalue weighted by atomic mass is 16.5. The zero-order valence-corrected chi connectivity index (χ0v) is 12.7. The van der Waals surface area contributed by atoms with Crippen molar-refractivity contribution in [1.29, 1.82) is 5.26 Å². The number of rotatable bonds is 4. The number of hydrogen-bond acceptors (Lipinski definition) is 5. The number of aromatic hydroxyl groups is 1. The summed E-state index contributed by atoms with van der Waals surface area (Å²) < 4.78 is 6.78. The van der Waals surface area contributed by atoms with E-state index in [1.165, 1.54) is 4.57 Å². The Kier molecular flexibility index (Phi) is 4.66. The zero-order valence-electron chi connectivity index (χ0n) is 12.7. The molecule has 0 radical (unpaired) electrons. The van der Waals surface area contributed by atoms with E-state index in [2.05, 4.69) is 4.90 Å². The van der Waals surface area contributed by atoms with Gasteiger partial charge in [-0.05, 0) is 25.8 Å². The first-order valence-corrected chi connectivity index (χ1v) is 7.18. The summed E-state index contributed by atoms with van der Waals surface area (Å²) in [4.78, 5) is 14.3. The third-order valence-corrected chi connectivity index (χ3v) is 3.81. The van der Waals surface area contributed by atoms with Gasteiger partial charge in [0.15, 0.2) is 5.88 Å². The second kappa shape index (κ2) is 6.29. The third-order valence-electron chi connectivity index (χ3n) is 3.81. The number of nitriles is 1. The lowest BCUT2D eigenvalue weighted by Gasteiger charge is -2.19. The topological polar surface area (TPSA) is 78.5 Å². The van der Waals surface area contributed by atoms with Crippen molar-refractivity contribution in [3.63, 3.8) is 0 Å². The monoisotopic (exact) mass is 291 g/mol. The third kappa shape index (κ3) is 2.94. The first-order chi connectivity index (χ1) is 9.99. The van der Waals surface area contributed by atoms with Gasteiger partial charge in [0.1, 0.15) is 11.6 Å². The van der Waals surface area contributed by atoms with E-state index < -0.39 is 5.56 Å². The Balaban J connectivity index is 2.47. The molecule has 0 aliphatic carbocycles. The van der Waals surface area contributed by atoms with E-state index in [1.54, 1.807) is 6.92 Å². The van der Waals surface area contributed by atoms with Crippen LogP contribution in [0.2, 0.25) is 0 Å². The van der Waals surface area contributed by atoms with Gasteiger partial charge in [-0.3, -0.25) is 14.3 Å². The average molecular weight is 291 g/mol. The Hall–Kier alpha value is -1.84. The molecule has 6 heteroatoms. The molecule has 1 N–H and O–H groups in total. The fourth-order valence-corrected chi connectivity index (χ4v) is 2.66. The van der Waals surface area contributed by atoms with Crippen molar-refractivity contribution in [2.24, 2.45) is 0 Å². The summed E-state index contributed by atoms with van der Waals surface area (Å²) in [7, 11) is 0. The molecule has 1 aromatic heterocycles. The molecular weight excluding hydrogens is 270 g/mol. The van der Waals surface area contributed by atoms with Gasteiger partial charge in [0, 0.05) is 25.2 Å². The lowest BCUT2D eigenvalue weighted by atomic mass is 10.0. The molecule has 0 bridgehead atoms. The normalized spacial score (nSPS) is 18.9. The van der Waals surface area contributed by atoms with E-state index in [1.807, 2.05) is 19.9 Å². The number of aromatic nitrogens is 1. The highest BCUT2D eigenvalue weighted by Crippen LogP contribution is 2.25.